The van der Waals surface area contributed by atoms with Crippen LogP contribution in [-0.4, -0.2) is 54.9 Å². The van der Waals surface area contributed by atoms with E-state index in [0.29, 0.717) is 19.7 Å². The lowest BCUT2D eigenvalue weighted by atomic mass is 9.98. The molecule has 5 heteroatoms. The number of esters is 1. The third-order valence-electron chi connectivity index (χ3n) is 5.25. The molecule has 1 aliphatic heterocycles. The lowest BCUT2D eigenvalue weighted by Gasteiger charge is -2.33. The summed E-state index contributed by atoms with van der Waals surface area (Å²) in [6, 6.07) is 20.1. The fourth-order valence-corrected chi connectivity index (χ4v) is 3.87. The van der Waals surface area contributed by atoms with Crippen LogP contribution in [0.3, 0.4) is 0 Å². The van der Waals surface area contributed by atoms with Gasteiger partial charge in [-0.25, -0.2) is 0 Å². The Bertz CT molecular complexity index is 698. The number of carbonyl (C=O) groups excluding carboxylic acids is 1. The van der Waals surface area contributed by atoms with Gasteiger partial charge < -0.3 is 14.6 Å². The summed E-state index contributed by atoms with van der Waals surface area (Å²) in [7, 11) is 0. The van der Waals surface area contributed by atoms with E-state index < -0.39 is 6.10 Å². The zero-order valence-corrected chi connectivity index (χ0v) is 17.1. The van der Waals surface area contributed by atoms with Gasteiger partial charge in [0.1, 0.15) is 6.10 Å². The van der Waals surface area contributed by atoms with Crippen LogP contribution in [0.4, 0.5) is 0 Å². The second-order valence-corrected chi connectivity index (χ2v) is 7.54. The molecule has 1 aliphatic rings. The number of hydrogen-bond acceptors (Lipinski definition) is 5. The van der Waals surface area contributed by atoms with E-state index in [0.717, 1.165) is 30.5 Å². The highest BCUT2D eigenvalue weighted by molar-refractivity contribution is 5.72. The maximum Gasteiger partial charge on any atom is 0.310 e. The van der Waals surface area contributed by atoms with E-state index in [2.05, 4.69) is 4.90 Å². The molecular formula is C24H31NO4. The van der Waals surface area contributed by atoms with Gasteiger partial charge >= 0.3 is 5.97 Å². The molecule has 1 heterocycles. The highest BCUT2D eigenvalue weighted by Gasteiger charge is 2.28. The van der Waals surface area contributed by atoms with Gasteiger partial charge in [0.2, 0.25) is 0 Å². The summed E-state index contributed by atoms with van der Waals surface area (Å²) < 4.78 is 11.3. The molecule has 0 bridgehead atoms. The molecule has 29 heavy (non-hydrogen) atoms. The Morgan fingerprint density at radius 1 is 1.10 bits per heavy atom. The van der Waals surface area contributed by atoms with Crippen molar-refractivity contribution < 1.29 is 19.4 Å². The first-order valence-electron chi connectivity index (χ1n) is 10.5. The Labute approximate surface area is 173 Å². The predicted octanol–water partition coefficient (Wildman–Crippen LogP) is 3.43. The molecule has 0 aliphatic carbocycles. The van der Waals surface area contributed by atoms with Gasteiger partial charge in [-0.1, -0.05) is 60.7 Å². The van der Waals surface area contributed by atoms with Crippen LogP contribution in [0.2, 0.25) is 0 Å². The maximum atomic E-state index is 12.0. The third-order valence-corrected chi connectivity index (χ3v) is 5.25. The molecule has 0 saturated carbocycles. The van der Waals surface area contributed by atoms with Gasteiger partial charge in [-0.2, -0.15) is 0 Å². The number of hydrogen-bond donors (Lipinski definition) is 1. The zero-order chi connectivity index (χ0) is 20.5. The molecule has 1 fully saturated rings. The minimum atomic E-state index is -0.620. The van der Waals surface area contributed by atoms with Crippen molar-refractivity contribution >= 4 is 5.97 Å². The predicted molar refractivity (Wildman–Crippen MR) is 112 cm³/mol. The normalized spacial score (nSPS) is 18.5. The van der Waals surface area contributed by atoms with Crippen LogP contribution < -0.4 is 0 Å². The van der Waals surface area contributed by atoms with E-state index in [4.69, 9.17) is 9.47 Å². The molecule has 2 aromatic rings. The average Bonchev–Trinajstić information content (AvgIpc) is 2.76. The Kier molecular flexibility index (Phi) is 8.23. The van der Waals surface area contributed by atoms with Gasteiger partial charge in [0, 0.05) is 13.1 Å². The molecule has 0 spiro atoms. The number of likely N-dealkylation sites (tertiary alicyclic amines) is 1. The average molecular weight is 398 g/mol. The summed E-state index contributed by atoms with van der Waals surface area (Å²) in [6.45, 7) is 4.48. The number of piperidine rings is 1. The molecule has 1 saturated heterocycles. The van der Waals surface area contributed by atoms with Crippen LogP contribution in [0.25, 0.3) is 0 Å². The second-order valence-electron chi connectivity index (χ2n) is 7.54. The van der Waals surface area contributed by atoms with Crippen LogP contribution in [0.1, 0.15) is 37.0 Å². The number of carbonyl (C=O) groups is 1. The summed E-state index contributed by atoms with van der Waals surface area (Å²) in [4.78, 5) is 14.2. The van der Waals surface area contributed by atoms with Crippen molar-refractivity contribution in [3.05, 3.63) is 71.8 Å². The van der Waals surface area contributed by atoms with Crippen molar-refractivity contribution in [1.82, 2.24) is 4.90 Å². The lowest BCUT2D eigenvalue weighted by molar-refractivity contribution is -0.150. The molecule has 156 valence electrons. The largest absolute Gasteiger partial charge is 0.466 e. The summed E-state index contributed by atoms with van der Waals surface area (Å²) >= 11 is 0. The number of ether oxygens (including phenoxy) is 2. The quantitative estimate of drug-likeness (QED) is 0.657. The van der Waals surface area contributed by atoms with Crippen LogP contribution in [0.15, 0.2) is 60.7 Å². The molecule has 0 amide bonds. The number of benzene rings is 2. The van der Waals surface area contributed by atoms with Crippen LogP contribution >= 0.6 is 0 Å². The van der Waals surface area contributed by atoms with E-state index in [9.17, 15) is 9.90 Å². The molecule has 5 nitrogen and oxygen atoms in total. The molecule has 2 atom stereocenters. The Hall–Kier alpha value is -2.21. The number of aliphatic hydroxyl groups excluding tert-OH is 1. The van der Waals surface area contributed by atoms with Crippen LogP contribution in [-0.2, 0) is 14.3 Å². The second kappa shape index (κ2) is 11.1. The Morgan fingerprint density at radius 2 is 1.72 bits per heavy atom. The van der Waals surface area contributed by atoms with Crippen molar-refractivity contribution in [2.24, 2.45) is 5.92 Å². The van der Waals surface area contributed by atoms with Gasteiger partial charge in [0.15, 0.2) is 0 Å². The number of rotatable bonds is 9. The van der Waals surface area contributed by atoms with E-state index in [1.165, 1.54) is 0 Å². The van der Waals surface area contributed by atoms with Gasteiger partial charge in [-0.15, -0.1) is 0 Å². The lowest BCUT2D eigenvalue weighted by Crippen LogP contribution is -2.43. The monoisotopic (exact) mass is 397 g/mol. The van der Waals surface area contributed by atoms with Crippen molar-refractivity contribution in [2.75, 3.05) is 32.8 Å². The first-order chi connectivity index (χ1) is 14.2. The van der Waals surface area contributed by atoms with Crippen molar-refractivity contribution in [3.8, 4) is 0 Å². The van der Waals surface area contributed by atoms with E-state index in [-0.39, 0.29) is 24.6 Å². The van der Waals surface area contributed by atoms with Crippen molar-refractivity contribution in [2.45, 2.75) is 32.0 Å². The molecule has 0 radical (unpaired) electrons. The minimum absolute atomic E-state index is 0.0989. The first kappa shape index (κ1) is 21.5. The van der Waals surface area contributed by atoms with E-state index >= 15 is 0 Å². The van der Waals surface area contributed by atoms with Crippen molar-refractivity contribution in [1.29, 1.82) is 0 Å². The summed E-state index contributed by atoms with van der Waals surface area (Å²) in [5, 5.41) is 10.6. The van der Waals surface area contributed by atoms with Gasteiger partial charge in [0.05, 0.1) is 25.2 Å². The van der Waals surface area contributed by atoms with Gasteiger partial charge in [0.25, 0.3) is 0 Å². The molecule has 2 aromatic carbocycles. The Morgan fingerprint density at radius 3 is 2.31 bits per heavy atom. The summed E-state index contributed by atoms with van der Waals surface area (Å²) in [5.41, 5.74) is 2.12. The standard InChI is InChI=1S/C24H31NO4/c1-2-28-24(27)21-14-9-15-25(16-21)17-22(26)18-29-23(19-10-5-3-6-11-19)20-12-7-4-8-13-20/h3-8,10-13,21-23,26H,2,9,14-18H2,1H3/t21-,22+/m0/s1. The first-order valence-corrected chi connectivity index (χ1v) is 10.5. The van der Waals surface area contributed by atoms with Gasteiger partial charge in [-0.05, 0) is 37.4 Å². The molecule has 3 rings (SSSR count). The third kappa shape index (κ3) is 6.39. The Balaban J connectivity index is 1.56. The molecular weight excluding hydrogens is 366 g/mol. The van der Waals surface area contributed by atoms with Crippen LogP contribution in [0, 0.1) is 5.92 Å². The van der Waals surface area contributed by atoms with Gasteiger partial charge in [-0.3, -0.25) is 9.69 Å². The fourth-order valence-electron chi connectivity index (χ4n) is 3.87. The van der Waals surface area contributed by atoms with E-state index in [1.807, 2.05) is 67.6 Å². The minimum Gasteiger partial charge on any atom is -0.466 e. The van der Waals surface area contributed by atoms with Crippen molar-refractivity contribution in [3.63, 3.8) is 0 Å². The smallest absolute Gasteiger partial charge is 0.310 e. The maximum absolute atomic E-state index is 12.0. The van der Waals surface area contributed by atoms with Crippen LogP contribution in [0.5, 0.6) is 0 Å². The zero-order valence-electron chi connectivity index (χ0n) is 17.1. The fraction of sp³-hybridized carbons (Fsp3) is 0.458. The number of β-amino-alcohol motifs (C(OH)–C–C–N with tert-alkyl or cyclic N) is 1. The summed E-state index contributed by atoms with van der Waals surface area (Å²) in [5.74, 6) is -0.227. The highest BCUT2D eigenvalue weighted by atomic mass is 16.5. The van der Waals surface area contributed by atoms with E-state index in [1.54, 1.807) is 0 Å². The topological polar surface area (TPSA) is 59.0 Å². The number of aliphatic hydroxyl groups is 1. The molecule has 0 unspecified atom stereocenters. The molecule has 0 aromatic heterocycles. The highest BCUT2D eigenvalue weighted by Crippen LogP contribution is 2.26. The SMILES string of the molecule is CCOC(=O)[C@H]1CCCN(C[C@@H](O)COC(c2ccccc2)c2ccccc2)C1. The molecule has 1 N–H and O–H groups in total. The summed E-state index contributed by atoms with van der Waals surface area (Å²) in [6.07, 6.45) is 0.950. The number of nitrogens with zero attached hydrogens (tertiary/aromatic N) is 1.